The minimum absolute atomic E-state index is 0.234. The molecule has 1 amide bonds. The molecule has 0 saturated carbocycles. The van der Waals surface area contributed by atoms with E-state index in [9.17, 15) is 13.2 Å². The number of hydrogen-bond donors (Lipinski definition) is 2. The fourth-order valence-electron chi connectivity index (χ4n) is 2.50. The Balaban J connectivity index is 1.68. The molecule has 0 aliphatic rings. The van der Waals surface area contributed by atoms with Crippen molar-refractivity contribution < 1.29 is 13.2 Å². The van der Waals surface area contributed by atoms with Crippen LogP contribution < -0.4 is 10.0 Å². The second-order valence-electron chi connectivity index (χ2n) is 5.83. The van der Waals surface area contributed by atoms with E-state index in [-0.39, 0.29) is 16.2 Å². The number of carbonyl (C=O) groups is 1. The number of rotatable bonds is 6. The van der Waals surface area contributed by atoms with Gasteiger partial charge < -0.3 is 5.32 Å². The lowest BCUT2D eigenvalue weighted by atomic mass is 10.1. The zero-order chi connectivity index (χ0) is 19.4. The largest absolute Gasteiger partial charge is 0.345 e. The van der Waals surface area contributed by atoms with Crippen LogP contribution in [-0.4, -0.2) is 14.3 Å². The van der Waals surface area contributed by atoms with Crippen LogP contribution in [0.1, 0.15) is 28.9 Å². The number of amides is 1. The van der Waals surface area contributed by atoms with Gasteiger partial charge in [-0.15, -0.1) is 11.3 Å². The third-order valence-corrected chi connectivity index (χ3v) is 7.00. The van der Waals surface area contributed by atoms with E-state index in [1.54, 1.807) is 41.8 Å². The summed E-state index contributed by atoms with van der Waals surface area (Å²) in [5.74, 6) is -0.268. The molecule has 0 saturated heterocycles. The fraction of sp³-hybridized carbons (Fsp3) is 0.105. The molecule has 8 heteroatoms. The highest BCUT2D eigenvalue weighted by Crippen LogP contribution is 2.23. The second-order valence-corrected chi connectivity index (χ2v) is 9.10. The Kier molecular flexibility index (Phi) is 5.84. The van der Waals surface area contributed by atoms with E-state index >= 15 is 0 Å². The monoisotopic (exact) mass is 420 g/mol. The maximum absolute atomic E-state index is 12.4. The first kappa shape index (κ1) is 19.4. The Bertz CT molecular complexity index is 1030. The molecule has 1 atom stereocenters. The molecule has 0 radical (unpaired) electrons. The lowest BCUT2D eigenvalue weighted by Crippen LogP contribution is -2.26. The smallest absolute Gasteiger partial charge is 0.271 e. The first-order chi connectivity index (χ1) is 12.9. The standard InChI is InChI=1S/C19H17ClN2O3S2/c1-13(16-5-2-3-6-17(16)20)21-19(23)14-8-10-15(11-9-14)22-27(24,25)18-7-4-12-26-18/h2-13,22H,1H3,(H,21,23). The van der Waals surface area contributed by atoms with E-state index in [4.69, 9.17) is 11.6 Å². The Morgan fingerprint density at radius 2 is 1.74 bits per heavy atom. The van der Waals surface area contributed by atoms with E-state index in [0.717, 1.165) is 16.9 Å². The van der Waals surface area contributed by atoms with Crippen LogP contribution in [0.25, 0.3) is 0 Å². The van der Waals surface area contributed by atoms with Gasteiger partial charge in [-0.2, -0.15) is 0 Å². The van der Waals surface area contributed by atoms with Crippen LogP contribution >= 0.6 is 22.9 Å². The van der Waals surface area contributed by atoms with Gasteiger partial charge in [-0.25, -0.2) is 8.42 Å². The number of sulfonamides is 1. The predicted molar refractivity (Wildman–Crippen MR) is 109 cm³/mol. The minimum atomic E-state index is -3.61. The van der Waals surface area contributed by atoms with Gasteiger partial charge in [-0.1, -0.05) is 35.9 Å². The highest BCUT2D eigenvalue weighted by Gasteiger charge is 2.16. The summed E-state index contributed by atoms with van der Waals surface area (Å²) in [4.78, 5) is 12.4. The predicted octanol–water partition coefficient (Wildman–Crippen LogP) is 4.69. The van der Waals surface area contributed by atoms with Crippen LogP contribution in [-0.2, 0) is 10.0 Å². The summed E-state index contributed by atoms with van der Waals surface area (Å²) in [6.45, 7) is 1.85. The van der Waals surface area contributed by atoms with Gasteiger partial charge in [0.15, 0.2) is 0 Å². The summed E-state index contributed by atoms with van der Waals surface area (Å²) in [5.41, 5.74) is 1.64. The molecule has 0 aliphatic carbocycles. The number of thiophene rings is 1. The van der Waals surface area contributed by atoms with Crippen LogP contribution in [0.15, 0.2) is 70.3 Å². The van der Waals surface area contributed by atoms with Gasteiger partial charge in [0.25, 0.3) is 15.9 Å². The number of anilines is 1. The molecule has 1 unspecified atom stereocenters. The molecule has 0 fully saturated rings. The third kappa shape index (κ3) is 4.68. The summed E-state index contributed by atoms with van der Waals surface area (Å²) < 4.78 is 27.2. The number of carbonyl (C=O) groups excluding carboxylic acids is 1. The molecular formula is C19H17ClN2O3S2. The van der Waals surface area contributed by atoms with Crippen molar-refractivity contribution in [3.8, 4) is 0 Å². The fourth-order valence-corrected chi connectivity index (χ4v) is 4.85. The van der Waals surface area contributed by atoms with Crippen molar-refractivity contribution >= 4 is 44.6 Å². The van der Waals surface area contributed by atoms with E-state index in [1.807, 2.05) is 25.1 Å². The molecule has 27 heavy (non-hydrogen) atoms. The third-order valence-electron chi connectivity index (χ3n) is 3.88. The average Bonchev–Trinajstić information content (AvgIpc) is 3.18. The van der Waals surface area contributed by atoms with Gasteiger partial charge in [0.1, 0.15) is 4.21 Å². The Hall–Kier alpha value is -2.35. The molecular weight excluding hydrogens is 404 g/mol. The van der Waals surface area contributed by atoms with Crippen LogP contribution in [0.2, 0.25) is 5.02 Å². The molecule has 0 spiro atoms. The van der Waals surface area contributed by atoms with Gasteiger partial charge in [-0.3, -0.25) is 9.52 Å². The van der Waals surface area contributed by atoms with Crippen molar-refractivity contribution in [2.24, 2.45) is 0 Å². The minimum Gasteiger partial charge on any atom is -0.345 e. The molecule has 2 aromatic carbocycles. The average molecular weight is 421 g/mol. The quantitative estimate of drug-likeness (QED) is 0.607. The number of benzene rings is 2. The van der Waals surface area contributed by atoms with Gasteiger partial charge in [0, 0.05) is 16.3 Å². The van der Waals surface area contributed by atoms with Crippen molar-refractivity contribution in [2.45, 2.75) is 17.2 Å². The van der Waals surface area contributed by atoms with Crippen LogP contribution in [0, 0.1) is 0 Å². The summed E-state index contributed by atoms with van der Waals surface area (Å²) >= 11 is 7.30. The highest BCUT2D eigenvalue weighted by atomic mass is 35.5. The van der Waals surface area contributed by atoms with E-state index < -0.39 is 10.0 Å². The first-order valence-electron chi connectivity index (χ1n) is 8.08. The molecule has 2 N–H and O–H groups in total. The summed E-state index contributed by atoms with van der Waals surface area (Å²) in [5, 5.41) is 5.17. The Morgan fingerprint density at radius 3 is 2.37 bits per heavy atom. The van der Waals surface area contributed by atoms with Crippen molar-refractivity contribution in [1.29, 1.82) is 0 Å². The number of nitrogens with one attached hydrogen (secondary N) is 2. The zero-order valence-electron chi connectivity index (χ0n) is 14.3. The molecule has 1 heterocycles. The van der Waals surface area contributed by atoms with Gasteiger partial charge in [0.2, 0.25) is 0 Å². The number of hydrogen-bond acceptors (Lipinski definition) is 4. The lowest BCUT2D eigenvalue weighted by Gasteiger charge is -2.16. The Labute approximate surface area is 167 Å². The van der Waals surface area contributed by atoms with Crippen LogP contribution in [0.3, 0.4) is 0 Å². The van der Waals surface area contributed by atoms with Gasteiger partial charge in [0.05, 0.1) is 6.04 Å². The zero-order valence-corrected chi connectivity index (χ0v) is 16.7. The Morgan fingerprint density at radius 1 is 1.04 bits per heavy atom. The molecule has 3 rings (SSSR count). The lowest BCUT2D eigenvalue weighted by molar-refractivity contribution is 0.0940. The van der Waals surface area contributed by atoms with Crippen molar-refractivity contribution in [2.75, 3.05) is 4.72 Å². The van der Waals surface area contributed by atoms with Crippen molar-refractivity contribution in [1.82, 2.24) is 5.32 Å². The maximum Gasteiger partial charge on any atom is 0.271 e. The number of halogens is 1. The van der Waals surface area contributed by atoms with Crippen molar-refractivity contribution in [3.63, 3.8) is 0 Å². The molecule has 140 valence electrons. The maximum atomic E-state index is 12.4. The summed E-state index contributed by atoms with van der Waals surface area (Å²) in [6.07, 6.45) is 0. The molecule has 0 aliphatic heterocycles. The van der Waals surface area contributed by atoms with E-state index in [1.165, 1.54) is 6.07 Å². The topological polar surface area (TPSA) is 75.3 Å². The summed E-state index contributed by atoms with van der Waals surface area (Å²) in [7, 11) is -3.61. The van der Waals surface area contributed by atoms with Crippen LogP contribution in [0.4, 0.5) is 5.69 Å². The SMILES string of the molecule is CC(NC(=O)c1ccc(NS(=O)(=O)c2cccs2)cc1)c1ccccc1Cl. The normalized spacial score (nSPS) is 12.4. The molecule has 1 aromatic heterocycles. The summed E-state index contributed by atoms with van der Waals surface area (Å²) in [6, 6.07) is 16.5. The van der Waals surface area contributed by atoms with Gasteiger partial charge >= 0.3 is 0 Å². The van der Waals surface area contributed by atoms with E-state index in [2.05, 4.69) is 10.0 Å². The van der Waals surface area contributed by atoms with Crippen molar-refractivity contribution in [3.05, 3.63) is 82.2 Å². The van der Waals surface area contributed by atoms with E-state index in [0.29, 0.717) is 16.3 Å². The second kappa shape index (κ2) is 8.12. The molecule has 3 aromatic rings. The van der Waals surface area contributed by atoms with Gasteiger partial charge in [-0.05, 0) is 54.3 Å². The molecule has 5 nitrogen and oxygen atoms in total. The highest BCUT2D eigenvalue weighted by molar-refractivity contribution is 7.94. The van der Waals surface area contributed by atoms with Crippen LogP contribution in [0.5, 0.6) is 0 Å². The molecule has 0 bridgehead atoms. The first-order valence-corrected chi connectivity index (χ1v) is 10.8.